The summed E-state index contributed by atoms with van der Waals surface area (Å²) in [6.45, 7) is 10.0. The van der Waals surface area contributed by atoms with Crippen LogP contribution in [0.1, 0.15) is 63.2 Å². The molecule has 3 amide bonds. The quantitative estimate of drug-likeness (QED) is 0.0734. The maximum atomic E-state index is 12.6. The first-order valence-electron chi connectivity index (χ1n) is 15.6. The highest BCUT2D eigenvalue weighted by molar-refractivity contribution is 6.47. The van der Waals surface area contributed by atoms with Crippen molar-refractivity contribution in [3.63, 3.8) is 0 Å². The van der Waals surface area contributed by atoms with E-state index in [4.69, 9.17) is 19.9 Å². The van der Waals surface area contributed by atoms with E-state index in [1.54, 1.807) is 37.4 Å². The summed E-state index contributed by atoms with van der Waals surface area (Å²) in [6.07, 6.45) is 7.19. The van der Waals surface area contributed by atoms with Gasteiger partial charge in [0.05, 0.1) is 51.0 Å². The molecule has 0 unspecified atom stereocenters. The average Bonchev–Trinajstić information content (AvgIpc) is 3.03. The molecule has 1 aliphatic rings. The zero-order chi connectivity index (χ0) is 32.7. The van der Waals surface area contributed by atoms with E-state index in [0.29, 0.717) is 82.5 Å². The van der Waals surface area contributed by atoms with Crippen LogP contribution in [0.5, 0.6) is 0 Å². The number of ether oxygens (including phenoxy) is 3. The van der Waals surface area contributed by atoms with Gasteiger partial charge in [0.15, 0.2) is 5.71 Å². The average molecular weight is 628 g/mol. The Hall–Kier alpha value is -4.07. The van der Waals surface area contributed by atoms with Gasteiger partial charge < -0.3 is 41.2 Å². The van der Waals surface area contributed by atoms with Crippen LogP contribution in [0.2, 0.25) is 0 Å². The molecule has 1 aliphatic heterocycles. The molecule has 0 radical (unpaired) electrons. The van der Waals surface area contributed by atoms with Crippen LogP contribution in [0.15, 0.2) is 57.9 Å². The summed E-state index contributed by atoms with van der Waals surface area (Å²) in [4.78, 5) is 45.4. The lowest BCUT2D eigenvalue weighted by molar-refractivity contribution is -0.121. The molecule has 0 aliphatic carbocycles. The van der Waals surface area contributed by atoms with E-state index in [1.165, 1.54) is 0 Å². The van der Waals surface area contributed by atoms with Crippen molar-refractivity contribution in [1.29, 1.82) is 0 Å². The maximum absolute atomic E-state index is 12.6. The predicted octanol–water partition coefficient (Wildman–Crippen LogP) is 2.66. The fraction of sp³-hybridized carbons (Fsp3) is 0.531. The number of benzene rings is 1. The molecule has 13 nitrogen and oxygen atoms in total. The van der Waals surface area contributed by atoms with Gasteiger partial charge in [-0.05, 0) is 50.5 Å². The number of amides is 3. The summed E-state index contributed by atoms with van der Waals surface area (Å²) in [6, 6.07) is 7.01. The van der Waals surface area contributed by atoms with Gasteiger partial charge in [0, 0.05) is 43.6 Å². The van der Waals surface area contributed by atoms with Gasteiger partial charge in [0.1, 0.15) is 5.84 Å². The van der Waals surface area contributed by atoms with Crippen LogP contribution >= 0.6 is 0 Å². The van der Waals surface area contributed by atoms with Crippen molar-refractivity contribution in [2.75, 3.05) is 64.6 Å². The van der Waals surface area contributed by atoms with Gasteiger partial charge in [-0.1, -0.05) is 26.3 Å². The van der Waals surface area contributed by atoms with Crippen molar-refractivity contribution in [2.45, 2.75) is 52.9 Å². The third-order valence-corrected chi connectivity index (χ3v) is 6.17. The smallest absolute Gasteiger partial charge is 0.299 e. The Bertz CT molecular complexity index is 1190. The number of nitrogens with two attached hydrogens (primary N) is 1. The van der Waals surface area contributed by atoms with E-state index < -0.39 is 5.91 Å². The van der Waals surface area contributed by atoms with Crippen LogP contribution in [0.3, 0.4) is 0 Å². The summed E-state index contributed by atoms with van der Waals surface area (Å²) in [5.74, 6) is -0.644. The van der Waals surface area contributed by atoms with Gasteiger partial charge in [0.25, 0.3) is 11.8 Å². The lowest BCUT2D eigenvalue weighted by atomic mass is 10.1. The number of aliphatic imine (C=N–C) groups is 2. The first-order valence-corrected chi connectivity index (χ1v) is 15.6. The predicted molar refractivity (Wildman–Crippen MR) is 176 cm³/mol. The van der Waals surface area contributed by atoms with Gasteiger partial charge >= 0.3 is 0 Å². The zero-order valence-electron chi connectivity index (χ0n) is 26.8. The summed E-state index contributed by atoms with van der Waals surface area (Å²) in [7, 11) is 0. The van der Waals surface area contributed by atoms with Crippen molar-refractivity contribution in [2.24, 2.45) is 15.7 Å². The van der Waals surface area contributed by atoms with E-state index in [-0.39, 0.29) is 23.4 Å². The number of anilines is 1. The molecular weight excluding hydrogens is 578 g/mol. The van der Waals surface area contributed by atoms with Crippen LogP contribution in [0.4, 0.5) is 5.69 Å². The molecule has 45 heavy (non-hydrogen) atoms. The van der Waals surface area contributed by atoms with E-state index in [1.807, 2.05) is 13.0 Å². The third-order valence-electron chi connectivity index (χ3n) is 6.17. The number of unbranched alkanes of at least 4 members (excludes halogenated alkanes) is 1. The Labute approximate surface area is 266 Å². The molecule has 0 saturated carbocycles. The summed E-state index contributed by atoms with van der Waals surface area (Å²) < 4.78 is 16.2. The van der Waals surface area contributed by atoms with E-state index in [2.05, 4.69) is 38.2 Å². The highest BCUT2D eigenvalue weighted by Crippen LogP contribution is 2.14. The first kappa shape index (κ1) is 37.1. The largest absolute Gasteiger partial charge is 0.387 e. The molecule has 0 saturated heterocycles. The van der Waals surface area contributed by atoms with Crippen molar-refractivity contribution in [3.05, 3.63) is 53.5 Å². The Morgan fingerprint density at radius 2 is 1.62 bits per heavy atom. The fourth-order valence-corrected chi connectivity index (χ4v) is 3.90. The molecule has 0 fully saturated rings. The second kappa shape index (κ2) is 22.4. The maximum Gasteiger partial charge on any atom is 0.299 e. The SMILES string of the molecule is CCC/C=C1\NC=C(CNc2ccc(C(=O)NCCCC(=O)NCCOCCOCCOCCC)cc2)N=C1C(=O)N=C(C)N. The molecule has 0 aromatic heterocycles. The monoisotopic (exact) mass is 627 g/mol. The lowest BCUT2D eigenvalue weighted by Gasteiger charge is -2.17. The number of allylic oxidation sites excluding steroid dienone is 1. The molecule has 1 aromatic rings. The number of nitrogens with zero attached hydrogens (tertiary/aromatic N) is 2. The van der Waals surface area contributed by atoms with Gasteiger partial charge in [-0.3, -0.25) is 14.4 Å². The first-order chi connectivity index (χ1) is 21.8. The van der Waals surface area contributed by atoms with Gasteiger partial charge in [-0.2, -0.15) is 4.99 Å². The Kier molecular flexibility index (Phi) is 18.5. The molecule has 0 atom stereocenters. The minimum Gasteiger partial charge on any atom is -0.387 e. The Balaban J connectivity index is 1.64. The van der Waals surface area contributed by atoms with Crippen LogP contribution in [-0.4, -0.2) is 88.5 Å². The molecule has 2 rings (SSSR count). The van der Waals surface area contributed by atoms with Crippen LogP contribution in [0, 0.1) is 0 Å². The summed E-state index contributed by atoms with van der Waals surface area (Å²) in [5.41, 5.74) is 8.32. The summed E-state index contributed by atoms with van der Waals surface area (Å²) in [5, 5.41) is 12.0. The molecule has 248 valence electrons. The number of nitrogens with one attached hydrogen (secondary N) is 4. The van der Waals surface area contributed by atoms with Gasteiger partial charge in [-0.25, -0.2) is 4.99 Å². The minimum atomic E-state index is -0.502. The van der Waals surface area contributed by atoms with Crippen molar-refractivity contribution in [1.82, 2.24) is 16.0 Å². The standard InChI is InChI=1S/C32H49N7O6/c1-4-6-8-28-30(32(42)38-24(3)33)39-27(23-37-28)22-36-26-12-10-25(11-13-26)31(41)35-14-7-9-29(40)34-15-17-44-19-21-45-20-18-43-16-5-2/h8,10-13,23,36-37H,4-7,9,14-22H2,1-3H3,(H,34,40)(H,35,41)(H2,33,38,42)/b28-8-. The van der Waals surface area contributed by atoms with Gasteiger partial charge in [0.2, 0.25) is 5.91 Å². The minimum absolute atomic E-state index is 0.0906. The zero-order valence-corrected chi connectivity index (χ0v) is 26.8. The normalized spacial score (nSPS) is 13.9. The third kappa shape index (κ3) is 16.0. The Morgan fingerprint density at radius 3 is 2.29 bits per heavy atom. The molecular formula is C32H49N7O6. The highest BCUT2D eigenvalue weighted by Gasteiger charge is 2.20. The molecule has 13 heteroatoms. The number of hydrogen-bond acceptors (Lipinski definition) is 9. The van der Waals surface area contributed by atoms with Gasteiger partial charge in [-0.15, -0.1) is 0 Å². The summed E-state index contributed by atoms with van der Waals surface area (Å²) >= 11 is 0. The van der Waals surface area contributed by atoms with E-state index in [0.717, 1.165) is 31.6 Å². The fourth-order valence-electron chi connectivity index (χ4n) is 3.90. The second-order valence-corrected chi connectivity index (χ2v) is 10.2. The topological polar surface area (TPSA) is 178 Å². The Morgan fingerprint density at radius 1 is 0.933 bits per heavy atom. The van der Waals surface area contributed by atoms with Crippen LogP contribution in [-0.2, 0) is 23.8 Å². The number of rotatable bonds is 22. The van der Waals surface area contributed by atoms with Crippen LogP contribution < -0.4 is 27.0 Å². The lowest BCUT2D eigenvalue weighted by Crippen LogP contribution is -2.29. The second-order valence-electron chi connectivity index (χ2n) is 10.2. The van der Waals surface area contributed by atoms with Crippen LogP contribution in [0.25, 0.3) is 0 Å². The van der Waals surface area contributed by atoms with Crippen molar-refractivity contribution < 1.29 is 28.6 Å². The molecule has 1 heterocycles. The number of carbonyl (C=O) groups excluding carboxylic acids is 3. The molecule has 0 bridgehead atoms. The number of carbonyl (C=O) groups is 3. The van der Waals surface area contributed by atoms with Crippen molar-refractivity contribution >= 4 is 35.0 Å². The highest BCUT2D eigenvalue weighted by atomic mass is 16.5. The van der Waals surface area contributed by atoms with E-state index in [9.17, 15) is 14.4 Å². The molecule has 1 aromatic carbocycles. The number of hydrogen-bond donors (Lipinski definition) is 5. The molecule has 6 N–H and O–H groups in total. The molecule has 0 spiro atoms. The van der Waals surface area contributed by atoms with E-state index >= 15 is 0 Å². The van der Waals surface area contributed by atoms with Crippen molar-refractivity contribution in [3.8, 4) is 0 Å². The number of amidine groups is 1.